The average Bonchev–Trinajstić information content (AvgIpc) is 3.58. The van der Waals surface area contributed by atoms with Crippen LogP contribution in [0.15, 0.2) is 52.3 Å². The van der Waals surface area contributed by atoms with E-state index in [4.69, 9.17) is 21.1 Å². The van der Waals surface area contributed by atoms with E-state index in [0.29, 0.717) is 45.2 Å². The molecule has 2 fully saturated rings. The van der Waals surface area contributed by atoms with Gasteiger partial charge in [-0.3, -0.25) is 14.2 Å². The van der Waals surface area contributed by atoms with Gasteiger partial charge in [0.15, 0.2) is 11.5 Å². The van der Waals surface area contributed by atoms with Gasteiger partial charge < -0.3 is 14.8 Å². The smallest absolute Gasteiger partial charge is 0.308 e. The molecule has 1 N–H and O–H groups in total. The molecule has 2 aliphatic carbocycles. The summed E-state index contributed by atoms with van der Waals surface area (Å²) in [4.78, 5) is 27.2. The van der Waals surface area contributed by atoms with E-state index >= 15 is 0 Å². The molecular formula is C27H27ClN2O4S2. The zero-order chi connectivity index (χ0) is 25.0. The number of carbonyl (C=O) groups is 1. The van der Waals surface area contributed by atoms with Crippen molar-refractivity contribution in [3.05, 3.63) is 67.6 Å². The van der Waals surface area contributed by atoms with Gasteiger partial charge in [-0.2, -0.15) is 0 Å². The second kappa shape index (κ2) is 9.47. The number of rotatable bonds is 6. The van der Waals surface area contributed by atoms with Crippen LogP contribution >= 0.6 is 34.7 Å². The number of hydrogen-bond acceptors (Lipinski definition) is 6. The number of amides is 1. The van der Waals surface area contributed by atoms with Gasteiger partial charge in [0.25, 0.3) is 0 Å². The van der Waals surface area contributed by atoms with Crippen molar-refractivity contribution in [2.24, 2.45) is 17.8 Å². The fourth-order valence-corrected chi connectivity index (χ4v) is 9.66. The van der Waals surface area contributed by atoms with Crippen LogP contribution in [0.2, 0.25) is 5.02 Å². The van der Waals surface area contributed by atoms with Gasteiger partial charge in [-0.25, -0.2) is 0 Å². The summed E-state index contributed by atoms with van der Waals surface area (Å²) in [5.41, 5.74) is 1.81. The second-order valence-corrected chi connectivity index (χ2v) is 12.4. The number of nitrogens with zero attached hydrogens (tertiary/aromatic N) is 1. The third-order valence-electron chi connectivity index (χ3n) is 7.89. The molecule has 2 bridgehead atoms. The maximum Gasteiger partial charge on any atom is 0.308 e. The maximum atomic E-state index is 13.3. The Morgan fingerprint density at radius 2 is 1.83 bits per heavy atom. The second-order valence-electron chi connectivity index (χ2n) is 9.76. The summed E-state index contributed by atoms with van der Waals surface area (Å²) in [5.74, 6) is 3.08. The lowest BCUT2D eigenvalue weighted by Crippen LogP contribution is -2.34. The lowest BCUT2D eigenvalue weighted by molar-refractivity contribution is -0.116. The molecule has 5 atom stereocenters. The third kappa shape index (κ3) is 4.03. The minimum absolute atomic E-state index is 0.00950. The number of nitrogens with one attached hydrogen (secondary N) is 1. The van der Waals surface area contributed by atoms with Crippen LogP contribution in [0.4, 0.5) is 5.69 Å². The summed E-state index contributed by atoms with van der Waals surface area (Å²) >= 11 is 9.07. The molecule has 9 heteroatoms. The standard InChI is InChI=1S/C27H27ClN2O4S2/c1-33-19-10-5-15(12-20(19)34-2)23-22-14-3-4-16(11-14)24(22)35-26-25(23)36-27(32)30(26)13-21(31)29-18-8-6-17(28)7-9-18/h5-10,12,14,16,22-24H,3-4,11,13H2,1-2H3,(H,29,31)/t14-,16-,22-,23-,24+/m0/s1. The van der Waals surface area contributed by atoms with Crippen molar-refractivity contribution < 1.29 is 14.3 Å². The van der Waals surface area contributed by atoms with Gasteiger partial charge in [0.2, 0.25) is 5.91 Å². The van der Waals surface area contributed by atoms with Crippen molar-refractivity contribution in [2.75, 3.05) is 19.5 Å². The monoisotopic (exact) mass is 542 g/mol. The summed E-state index contributed by atoms with van der Waals surface area (Å²) in [6.45, 7) is -0.00950. The molecule has 1 aliphatic heterocycles. The van der Waals surface area contributed by atoms with E-state index in [0.717, 1.165) is 15.5 Å². The van der Waals surface area contributed by atoms with Crippen LogP contribution in [-0.4, -0.2) is 29.9 Å². The van der Waals surface area contributed by atoms with Gasteiger partial charge in [-0.1, -0.05) is 29.0 Å². The molecule has 0 spiro atoms. The molecule has 0 saturated heterocycles. The van der Waals surface area contributed by atoms with Crippen LogP contribution in [0.1, 0.15) is 35.6 Å². The average molecular weight is 543 g/mol. The summed E-state index contributed by atoms with van der Waals surface area (Å²) in [6, 6.07) is 13.1. The fraction of sp³-hybridized carbons (Fsp3) is 0.407. The molecule has 1 aromatic heterocycles. The molecule has 3 aliphatic rings. The lowest BCUT2D eigenvalue weighted by Gasteiger charge is -2.40. The van der Waals surface area contributed by atoms with E-state index in [9.17, 15) is 9.59 Å². The molecule has 2 aromatic carbocycles. The van der Waals surface area contributed by atoms with E-state index in [1.807, 2.05) is 17.8 Å². The van der Waals surface area contributed by atoms with E-state index < -0.39 is 0 Å². The number of aromatic nitrogens is 1. The quantitative estimate of drug-likeness (QED) is 0.422. The number of hydrogen-bond donors (Lipinski definition) is 1. The van der Waals surface area contributed by atoms with Gasteiger partial charge >= 0.3 is 4.87 Å². The molecule has 1 amide bonds. The van der Waals surface area contributed by atoms with Crippen LogP contribution in [-0.2, 0) is 11.3 Å². The lowest BCUT2D eigenvalue weighted by atomic mass is 9.75. The largest absolute Gasteiger partial charge is 0.493 e. The summed E-state index contributed by atoms with van der Waals surface area (Å²) in [7, 11) is 3.29. The maximum absolute atomic E-state index is 13.3. The number of benzene rings is 2. The molecule has 0 unspecified atom stereocenters. The Bertz CT molecular complexity index is 1370. The molecule has 2 heterocycles. The first kappa shape index (κ1) is 23.9. The number of fused-ring (bicyclic) bond motifs is 6. The summed E-state index contributed by atoms with van der Waals surface area (Å²) in [6.07, 6.45) is 3.76. The van der Waals surface area contributed by atoms with Crippen LogP contribution in [0.25, 0.3) is 0 Å². The SMILES string of the molecule is COc1ccc([C@@H]2c3sc(=O)n(CC(=O)Nc4ccc(Cl)cc4)c3S[C@@H]3[C@H]4CC[C@@H](C4)[C@@H]23)cc1OC. The van der Waals surface area contributed by atoms with Gasteiger partial charge in [-0.15, -0.1) is 11.8 Å². The highest BCUT2D eigenvalue weighted by Crippen LogP contribution is 2.64. The third-order valence-corrected chi connectivity index (χ3v) is 11.0. The number of carbonyl (C=O) groups excluding carboxylic acids is 1. The highest BCUT2D eigenvalue weighted by atomic mass is 35.5. The fourth-order valence-electron chi connectivity index (χ4n) is 6.38. The van der Waals surface area contributed by atoms with E-state index in [1.54, 1.807) is 43.1 Å². The van der Waals surface area contributed by atoms with E-state index in [1.165, 1.54) is 30.6 Å². The normalized spacial score (nSPS) is 25.8. The predicted octanol–water partition coefficient (Wildman–Crippen LogP) is 5.87. The zero-order valence-electron chi connectivity index (χ0n) is 20.0. The highest BCUT2D eigenvalue weighted by Gasteiger charge is 2.55. The van der Waals surface area contributed by atoms with Crippen molar-refractivity contribution in [3.8, 4) is 11.5 Å². The van der Waals surface area contributed by atoms with Gasteiger partial charge in [0.05, 0.1) is 19.2 Å². The van der Waals surface area contributed by atoms with Crippen molar-refractivity contribution in [2.45, 2.75) is 42.0 Å². The Morgan fingerprint density at radius 3 is 2.58 bits per heavy atom. The van der Waals surface area contributed by atoms with Gasteiger partial charge in [0, 0.05) is 26.8 Å². The number of thiazole rings is 1. The van der Waals surface area contributed by atoms with Crippen molar-refractivity contribution in [1.82, 2.24) is 4.57 Å². The van der Waals surface area contributed by atoms with Gasteiger partial charge in [-0.05, 0) is 79.0 Å². The molecule has 6 nitrogen and oxygen atoms in total. The summed E-state index contributed by atoms with van der Waals surface area (Å²) < 4.78 is 12.8. The predicted molar refractivity (Wildman–Crippen MR) is 144 cm³/mol. The minimum Gasteiger partial charge on any atom is -0.493 e. The Kier molecular flexibility index (Phi) is 6.30. The molecule has 36 heavy (non-hydrogen) atoms. The van der Waals surface area contributed by atoms with Crippen LogP contribution < -0.4 is 19.7 Å². The van der Waals surface area contributed by atoms with Crippen LogP contribution in [0.3, 0.4) is 0 Å². The molecular weight excluding hydrogens is 516 g/mol. The first-order valence-corrected chi connectivity index (χ1v) is 14.2. The summed E-state index contributed by atoms with van der Waals surface area (Å²) in [5, 5.41) is 4.90. The van der Waals surface area contributed by atoms with Gasteiger partial charge in [0.1, 0.15) is 6.54 Å². The zero-order valence-corrected chi connectivity index (χ0v) is 22.4. The minimum atomic E-state index is -0.224. The first-order valence-electron chi connectivity index (χ1n) is 12.1. The number of anilines is 1. The Balaban J connectivity index is 1.38. The molecule has 3 aromatic rings. The topological polar surface area (TPSA) is 69.6 Å². The first-order chi connectivity index (χ1) is 17.5. The number of halogens is 1. The number of methoxy groups -OCH3 is 2. The molecule has 2 saturated carbocycles. The van der Waals surface area contributed by atoms with Crippen molar-refractivity contribution in [1.29, 1.82) is 0 Å². The Morgan fingerprint density at radius 1 is 1.08 bits per heavy atom. The molecule has 0 radical (unpaired) electrons. The van der Waals surface area contributed by atoms with Crippen molar-refractivity contribution >= 4 is 46.3 Å². The van der Waals surface area contributed by atoms with E-state index in [2.05, 4.69) is 17.4 Å². The number of ether oxygens (including phenoxy) is 2. The van der Waals surface area contributed by atoms with E-state index in [-0.39, 0.29) is 23.2 Å². The number of thioether (sulfide) groups is 1. The van der Waals surface area contributed by atoms with Crippen molar-refractivity contribution in [3.63, 3.8) is 0 Å². The highest BCUT2D eigenvalue weighted by molar-refractivity contribution is 8.00. The van der Waals surface area contributed by atoms with Crippen LogP contribution in [0, 0.1) is 17.8 Å². The Hall–Kier alpha value is -2.42. The van der Waals surface area contributed by atoms with Crippen LogP contribution in [0.5, 0.6) is 11.5 Å². The molecule has 6 rings (SSSR count). The Labute approximate surface area is 223 Å². The molecule has 188 valence electrons.